The molecule has 0 bridgehead atoms. The number of ether oxygens (including phenoxy) is 1. The van der Waals surface area contributed by atoms with Gasteiger partial charge in [-0.05, 0) is 31.5 Å². The number of rotatable bonds is 3. The van der Waals surface area contributed by atoms with E-state index in [0.717, 1.165) is 5.56 Å². The number of aromatic nitrogens is 2. The zero-order valence-electron chi connectivity index (χ0n) is 9.94. The quantitative estimate of drug-likeness (QED) is 0.799. The van der Waals surface area contributed by atoms with Crippen molar-refractivity contribution >= 4 is 17.6 Å². The second-order valence-electron chi connectivity index (χ2n) is 3.60. The highest BCUT2D eigenvalue weighted by atomic mass is 35.5. The third-order valence-electron chi connectivity index (χ3n) is 2.29. The summed E-state index contributed by atoms with van der Waals surface area (Å²) in [6.07, 6.45) is 0. The van der Waals surface area contributed by atoms with E-state index in [1.807, 2.05) is 13.0 Å². The van der Waals surface area contributed by atoms with Gasteiger partial charge in [0.15, 0.2) is 0 Å². The van der Waals surface area contributed by atoms with E-state index in [4.69, 9.17) is 20.8 Å². The number of aryl methyl sites for hydroxylation is 1. The summed E-state index contributed by atoms with van der Waals surface area (Å²) in [5.74, 6) is -0.557. The molecule has 0 aliphatic heterocycles. The van der Waals surface area contributed by atoms with Crippen molar-refractivity contribution in [2.45, 2.75) is 13.8 Å². The van der Waals surface area contributed by atoms with Gasteiger partial charge in [-0.25, -0.2) is 4.79 Å². The first kappa shape index (κ1) is 12.6. The van der Waals surface area contributed by atoms with Crippen LogP contribution in [0.3, 0.4) is 0 Å². The number of carbonyl (C=O) groups excluding carboxylic acids is 1. The van der Waals surface area contributed by atoms with Gasteiger partial charge in [0.2, 0.25) is 5.89 Å². The molecule has 0 saturated carbocycles. The van der Waals surface area contributed by atoms with Crippen molar-refractivity contribution in [2.75, 3.05) is 6.61 Å². The summed E-state index contributed by atoms with van der Waals surface area (Å²) in [6.45, 7) is 3.85. The first-order valence-corrected chi connectivity index (χ1v) is 5.76. The van der Waals surface area contributed by atoms with Crippen LogP contribution in [0, 0.1) is 6.92 Å². The summed E-state index contributed by atoms with van der Waals surface area (Å²) in [4.78, 5) is 11.4. The summed E-state index contributed by atoms with van der Waals surface area (Å²) >= 11 is 6.00. The van der Waals surface area contributed by atoms with Crippen molar-refractivity contribution in [1.82, 2.24) is 10.2 Å². The zero-order chi connectivity index (χ0) is 13.1. The zero-order valence-corrected chi connectivity index (χ0v) is 10.7. The second kappa shape index (κ2) is 5.18. The van der Waals surface area contributed by atoms with Crippen molar-refractivity contribution in [3.8, 4) is 11.5 Å². The smallest absolute Gasteiger partial charge is 0.396 e. The van der Waals surface area contributed by atoms with Crippen LogP contribution in [0.25, 0.3) is 11.5 Å². The van der Waals surface area contributed by atoms with E-state index in [1.54, 1.807) is 19.1 Å². The Labute approximate surface area is 109 Å². The van der Waals surface area contributed by atoms with Crippen molar-refractivity contribution in [2.24, 2.45) is 0 Å². The summed E-state index contributed by atoms with van der Waals surface area (Å²) in [5, 5.41) is 8.01. The Kier molecular flexibility index (Phi) is 3.62. The average Bonchev–Trinajstić information content (AvgIpc) is 2.82. The molecule has 0 atom stereocenters. The van der Waals surface area contributed by atoms with Crippen LogP contribution in [-0.4, -0.2) is 22.8 Å². The van der Waals surface area contributed by atoms with E-state index in [2.05, 4.69) is 10.2 Å². The van der Waals surface area contributed by atoms with Gasteiger partial charge in [-0.15, -0.1) is 10.2 Å². The number of hydrogen-bond acceptors (Lipinski definition) is 5. The predicted octanol–water partition coefficient (Wildman–Crippen LogP) is 2.88. The Morgan fingerprint density at radius 2 is 2.22 bits per heavy atom. The van der Waals surface area contributed by atoms with Crippen LogP contribution in [0.2, 0.25) is 5.02 Å². The molecule has 94 valence electrons. The van der Waals surface area contributed by atoms with E-state index in [-0.39, 0.29) is 18.4 Å². The first-order valence-electron chi connectivity index (χ1n) is 5.39. The molecule has 2 rings (SSSR count). The Morgan fingerprint density at radius 1 is 1.44 bits per heavy atom. The third-order valence-corrected chi connectivity index (χ3v) is 2.70. The molecule has 0 fully saturated rings. The lowest BCUT2D eigenvalue weighted by Crippen LogP contribution is -2.04. The van der Waals surface area contributed by atoms with Gasteiger partial charge in [0, 0.05) is 10.6 Å². The van der Waals surface area contributed by atoms with Crippen LogP contribution < -0.4 is 0 Å². The molecule has 0 aliphatic rings. The molecule has 1 aromatic carbocycles. The Hall–Kier alpha value is -1.88. The Bertz CT molecular complexity index is 580. The van der Waals surface area contributed by atoms with Crippen molar-refractivity contribution in [3.05, 3.63) is 34.7 Å². The Balaban J connectivity index is 2.29. The summed E-state index contributed by atoms with van der Waals surface area (Å²) < 4.78 is 9.98. The minimum absolute atomic E-state index is 0.163. The predicted molar refractivity (Wildman–Crippen MR) is 65.4 cm³/mol. The normalized spacial score (nSPS) is 10.4. The van der Waals surface area contributed by atoms with E-state index < -0.39 is 5.97 Å². The highest BCUT2D eigenvalue weighted by Crippen LogP contribution is 2.24. The monoisotopic (exact) mass is 266 g/mol. The molecule has 0 aliphatic carbocycles. The second-order valence-corrected chi connectivity index (χ2v) is 4.00. The first-order chi connectivity index (χ1) is 8.61. The maximum Gasteiger partial charge on any atom is 0.396 e. The van der Waals surface area contributed by atoms with Crippen LogP contribution >= 0.6 is 11.6 Å². The van der Waals surface area contributed by atoms with Gasteiger partial charge in [0.05, 0.1) is 6.61 Å². The average molecular weight is 267 g/mol. The molecule has 0 radical (unpaired) electrons. The maximum absolute atomic E-state index is 11.4. The molecule has 1 heterocycles. The van der Waals surface area contributed by atoms with Gasteiger partial charge in [-0.3, -0.25) is 0 Å². The number of benzene rings is 1. The van der Waals surface area contributed by atoms with Crippen LogP contribution in [0.15, 0.2) is 22.6 Å². The van der Waals surface area contributed by atoms with E-state index >= 15 is 0 Å². The molecular formula is C12H11ClN2O3. The molecule has 0 saturated heterocycles. The van der Waals surface area contributed by atoms with Gasteiger partial charge in [0.25, 0.3) is 0 Å². The minimum Gasteiger partial charge on any atom is -0.459 e. The van der Waals surface area contributed by atoms with Crippen molar-refractivity contribution in [3.63, 3.8) is 0 Å². The largest absolute Gasteiger partial charge is 0.459 e. The molecule has 2 aromatic rings. The van der Waals surface area contributed by atoms with Crippen molar-refractivity contribution < 1.29 is 13.9 Å². The van der Waals surface area contributed by atoms with Gasteiger partial charge in [0.1, 0.15) is 0 Å². The molecule has 6 heteroatoms. The molecule has 18 heavy (non-hydrogen) atoms. The highest BCUT2D eigenvalue weighted by molar-refractivity contribution is 6.31. The summed E-state index contributed by atoms with van der Waals surface area (Å²) in [6, 6.07) is 5.34. The van der Waals surface area contributed by atoms with Crippen LogP contribution in [0.5, 0.6) is 0 Å². The number of halogens is 1. The van der Waals surface area contributed by atoms with Gasteiger partial charge in [-0.2, -0.15) is 0 Å². The highest BCUT2D eigenvalue weighted by Gasteiger charge is 2.17. The summed E-state index contributed by atoms with van der Waals surface area (Å²) in [7, 11) is 0. The van der Waals surface area contributed by atoms with Crippen LogP contribution in [-0.2, 0) is 4.74 Å². The minimum atomic E-state index is -0.630. The number of carbonyl (C=O) groups is 1. The van der Waals surface area contributed by atoms with Crippen molar-refractivity contribution in [1.29, 1.82) is 0 Å². The van der Waals surface area contributed by atoms with Crippen LogP contribution in [0.1, 0.15) is 23.2 Å². The van der Waals surface area contributed by atoms with E-state index in [9.17, 15) is 4.79 Å². The van der Waals surface area contributed by atoms with E-state index in [1.165, 1.54) is 0 Å². The maximum atomic E-state index is 11.4. The summed E-state index contributed by atoms with van der Waals surface area (Å²) in [5.41, 5.74) is 1.61. The fraction of sp³-hybridized carbons (Fsp3) is 0.250. The third kappa shape index (κ3) is 2.51. The van der Waals surface area contributed by atoms with Crippen LogP contribution in [0.4, 0.5) is 0 Å². The van der Waals surface area contributed by atoms with Gasteiger partial charge < -0.3 is 9.15 Å². The number of hydrogen-bond donors (Lipinski definition) is 0. The van der Waals surface area contributed by atoms with Gasteiger partial charge >= 0.3 is 11.9 Å². The SMILES string of the molecule is CCOC(=O)c1nnc(-c2ccc(C)c(Cl)c2)o1. The molecule has 0 amide bonds. The molecule has 0 N–H and O–H groups in total. The number of nitrogens with zero attached hydrogens (tertiary/aromatic N) is 2. The Morgan fingerprint density at radius 3 is 2.89 bits per heavy atom. The number of esters is 1. The molecular weight excluding hydrogens is 256 g/mol. The fourth-order valence-corrected chi connectivity index (χ4v) is 1.52. The van der Waals surface area contributed by atoms with E-state index in [0.29, 0.717) is 10.6 Å². The topological polar surface area (TPSA) is 65.2 Å². The molecule has 5 nitrogen and oxygen atoms in total. The fourth-order valence-electron chi connectivity index (χ4n) is 1.34. The lowest BCUT2D eigenvalue weighted by atomic mass is 10.1. The molecule has 0 spiro atoms. The molecule has 1 aromatic heterocycles. The lowest BCUT2D eigenvalue weighted by molar-refractivity contribution is 0.0481. The standard InChI is InChI=1S/C12H11ClN2O3/c1-3-17-12(16)11-15-14-10(18-11)8-5-4-7(2)9(13)6-8/h4-6H,3H2,1-2H3. The molecule has 0 unspecified atom stereocenters. The lowest BCUT2D eigenvalue weighted by Gasteiger charge is -1.99. The van der Waals surface area contributed by atoms with Gasteiger partial charge in [-0.1, -0.05) is 17.7 Å².